The van der Waals surface area contributed by atoms with Crippen molar-refractivity contribution < 1.29 is 9.85 Å². The third-order valence-corrected chi connectivity index (χ3v) is 2.14. The molecule has 2 aromatic rings. The Balaban J connectivity index is 0.000000366. The maximum absolute atomic E-state index is 10.1. The van der Waals surface area contributed by atoms with Crippen LogP contribution in [0.4, 0.5) is 17.1 Å². The maximum Gasteiger partial charge on any atom is 0.385 e. The number of nitro groups is 2. The molecule has 0 fully saturated rings. The van der Waals surface area contributed by atoms with Crippen molar-refractivity contribution in [2.75, 3.05) is 0 Å². The van der Waals surface area contributed by atoms with Gasteiger partial charge in [0, 0.05) is 47.2 Å². The highest BCUT2D eigenvalue weighted by molar-refractivity contribution is 5.48. The molecule has 0 aliphatic heterocycles. The van der Waals surface area contributed by atoms with Gasteiger partial charge in [0.1, 0.15) is 0 Å². The topological polar surface area (TPSA) is 162 Å². The third kappa shape index (κ3) is 6.31. The predicted molar refractivity (Wildman–Crippen MR) is 74.4 cm³/mol. The molecule has 0 aromatic heterocycles. The fraction of sp³-hybridized carbons (Fsp3) is 0. The molecule has 2 aromatic carbocycles. The molecule has 0 unspecified atom stereocenters. The zero-order valence-corrected chi connectivity index (χ0v) is 11.0. The largest absolute Gasteiger partial charge is 0.385 e. The molecule has 0 saturated carbocycles. The van der Waals surface area contributed by atoms with Gasteiger partial charge in [-0.15, -0.1) is 0 Å². The average molecular weight is 301 g/mol. The van der Waals surface area contributed by atoms with Crippen molar-refractivity contribution in [3.63, 3.8) is 0 Å². The van der Waals surface area contributed by atoms with Crippen LogP contribution in [-0.2, 0) is 0 Å². The van der Waals surface area contributed by atoms with E-state index < -0.39 is 9.85 Å². The molecule has 0 radical (unpaired) electrons. The Morgan fingerprint density at radius 3 is 1.50 bits per heavy atom. The average Bonchev–Trinajstić information content (AvgIpc) is 2.58. The molecule has 0 spiro atoms. The Kier molecular flexibility index (Phi) is 8.17. The van der Waals surface area contributed by atoms with E-state index in [0.29, 0.717) is 5.69 Å². The normalized spacial score (nSPS) is 8.05. The van der Waals surface area contributed by atoms with Gasteiger partial charge in [0.2, 0.25) is 5.39 Å². The minimum atomic E-state index is -0.513. The lowest BCUT2D eigenvalue weighted by Gasteiger charge is -1.85. The van der Waals surface area contributed by atoms with Crippen LogP contribution in [0.1, 0.15) is 0 Å². The molecule has 10 heteroatoms. The molecule has 10 nitrogen and oxygen atoms in total. The van der Waals surface area contributed by atoms with Crippen molar-refractivity contribution in [1.29, 1.82) is 16.2 Å². The quantitative estimate of drug-likeness (QED) is 0.463. The van der Waals surface area contributed by atoms with Crippen molar-refractivity contribution in [2.24, 2.45) is 0 Å². The molecule has 0 heterocycles. The minimum absolute atomic E-state index is 0.0163. The summed E-state index contributed by atoms with van der Waals surface area (Å²) >= 11 is 0. The van der Waals surface area contributed by atoms with Gasteiger partial charge in [0.25, 0.3) is 11.4 Å². The van der Waals surface area contributed by atoms with Gasteiger partial charge in [-0.05, 0) is 0 Å². The molecule has 0 amide bonds. The molecule has 110 valence electrons. The van der Waals surface area contributed by atoms with Crippen molar-refractivity contribution in [3.05, 3.63) is 79.8 Å². The number of diazo groups is 1. The molecule has 0 bridgehead atoms. The first-order valence-electron chi connectivity index (χ1n) is 5.53. The Morgan fingerprint density at radius 2 is 1.18 bits per heavy atom. The molecule has 0 aliphatic rings. The summed E-state index contributed by atoms with van der Waals surface area (Å²) in [4.78, 5) is 22.0. The van der Waals surface area contributed by atoms with Crippen molar-refractivity contribution >= 4 is 17.1 Å². The number of para-hydroxylation sites is 1. The highest BCUT2D eigenvalue weighted by atomic mass is 16.6. The number of hydrogen-bond donors (Lipinski definition) is 0. The smallest absolute Gasteiger partial charge is 0.258 e. The zero-order valence-electron chi connectivity index (χ0n) is 11.0. The van der Waals surface area contributed by atoms with Gasteiger partial charge in [-0.2, -0.15) is 0 Å². The lowest BCUT2D eigenvalue weighted by Crippen LogP contribution is -1.85. The lowest BCUT2D eigenvalue weighted by molar-refractivity contribution is -0.385. The third-order valence-electron chi connectivity index (χ3n) is 2.14. The fourth-order valence-electron chi connectivity index (χ4n) is 1.19. The SMILES string of the molecule is N#N.N#[N+]c1ccc([N+](=O)[O-])cc1.O=[N+]([O-])c1ccccc1. The minimum Gasteiger partial charge on any atom is -0.258 e. The summed E-state index contributed by atoms with van der Waals surface area (Å²) < 4.78 is 0. The summed E-state index contributed by atoms with van der Waals surface area (Å²) in [6, 6.07) is 13.2. The van der Waals surface area contributed by atoms with E-state index >= 15 is 0 Å². The summed E-state index contributed by atoms with van der Waals surface area (Å²) in [5, 5.41) is 40.3. The molecular formula is C12H9N6O4+. The second-order valence-electron chi connectivity index (χ2n) is 3.47. The summed E-state index contributed by atoms with van der Waals surface area (Å²) in [6.45, 7) is 0. The second-order valence-corrected chi connectivity index (χ2v) is 3.47. The second kappa shape index (κ2) is 9.94. The molecule has 2 rings (SSSR count). The van der Waals surface area contributed by atoms with Crippen LogP contribution in [0.25, 0.3) is 4.98 Å². The van der Waals surface area contributed by atoms with Crippen LogP contribution in [-0.4, -0.2) is 9.85 Å². The summed E-state index contributed by atoms with van der Waals surface area (Å²) in [5.41, 5.74) is 0.422. The number of nitrogens with zero attached hydrogens (tertiary/aromatic N) is 6. The van der Waals surface area contributed by atoms with E-state index in [2.05, 4.69) is 4.98 Å². The standard InChI is InChI=1S/C6H4N3O2.C6H5NO2.N2/c7-8-5-1-3-6(4-2-5)9(10)11;8-7(9)6-4-2-1-3-5-6;1-2/h1-4H;1-5H;/q+1;;. The highest BCUT2D eigenvalue weighted by Crippen LogP contribution is 2.17. The molecule has 0 N–H and O–H groups in total. The molecule has 22 heavy (non-hydrogen) atoms. The van der Waals surface area contributed by atoms with Crippen molar-refractivity contribution in [3.8, 4) is 0 Å². The molecule has 0 aliphatic carbocycles. The van der Waals surface area contributed by atoms with Gasteiger partial charge in [0.05, 0.1) is 9.85 Å². The monoisotopic (exact) mass is 301 g/mol. The predicted octanol–water partition coefficient (Wildman–Crippen LogP) is 3.70. The van der Waals surface area contributed by atoms with Gasteiger partial charge < -0.3 is 0 Å². The van der Waals surface area contributed by atoms with Crippen LogP contribution in [0.5, 0.6) is 0 Å². The van der Waals surface area contributed by atoms with Gasteiger partial charge in [0.15, 0.2) is 4.98 Å². The fourth-order valence-corrected chi connectivity index (χ4v) is 1.19. The zero-order chi connectivity index (χ0) is 17.0. The Bertz CT molecular complexity index is 678. The van der Waals surface area contributed by atoms with E-state index in [9.17, 15) is 20.2 Å². The summed E-state index contributed by atoms with van der Waals surface area (Å²) in [7, 11) is 0. The Morgan fingerprint density at radius 1 is 0.773 bits per heavy atom. The first-order valence-corrected chi connectivity index (χ1v) is 5.53. The van der Waals surface area contributed by atoms with E-state index in [-0.39, 0.29) is 11.4 Å². The molecule has 0 atom stereocenters. The van der Waals surface area contributed by atoms with Crippen LogP contribution in [0, 0.1) is 36.4 Å². The van der Waals surface area contributed by atoms with E-state index in [4.69, 9.17) is 16.2 Å². The first kappa shape index (κ1) is 18.1. The lowest BCUT2D eigenvalue weighted by atomic mass is 10.3. The number of rotatable bonds is 2. The van der Waals surface area contributed by atoms with E-state index in [1.165, 1.54) is 36.4 Å². The maximum atomic E-state index is 10.1. The van der Waals surface area contributed by atoms with Gasteiger partial charge in [-0.3, -0.25) is 20.2 Å². The van der Waals surface area contributed by atoms with Gasteiger partial charge >= 0.3 is 5.69 Å². The highest BCUT2D eigenvalue weighted by Gasteiger charge is 2.08. The van der Waals surface area contributed by atoms with Crippen LogP contribution >= 0.6 is 0 Å². The first-order chi connectivity index (χ1) is 10.5. The van der Waals surface area contributed by atoms with E-state index in [1.807, 2.05) is 0 Å². The van der Waals surface area contributed by atoms with E-state index in [0.717, 1.165) is 0 Å². The number of hydrogen-bond acceptors (Lipinski definition) is 7. The van der Waals surface area contributed by atoms with Crippen LogP contribution in [0.15, 0.2) is 54.6 Å². The molecule has 0 saturated heterocycles. The van der Waals surface area contributed by atoms with E-state index in [1.54, 1.807) is 18.2 Å². The van der Waals surface area contributed by atoms with Gasteiger partial charge in [-0.25, -0.2) is 0 Å². The van der Waals surface area contributed by atoms with Crippen molar-refractivity contribution in [1.82, 2.24) is 0 Å². The number of benzene rings is 2. The number of non-ortho nitro benzene ring substituents is 2. The summed E-state index contributed by atoms with van der Waals surface area (Å²) in [6.07, 6.45) is 0. The Labute approximate surface area is 124 Å². The van der Waals surface area contributed by atoms with Crippen LogP contribution in [0.3, 0.4) is 0 Å². The van der Waals surface area contributed by atoms with Crippen LogP contribution in [0.2, 0.25) is 0 Å². The van der Waals surface area contributed by atoms with Crippen molar-refractivity contribution in [2.45, 2.75) is 0 Å². The summed E-state index contributed by atoms with van der Waals surface area (Å²) in [5.74, 6) is 0. The van der Waals surface area contributed by atoms with Gasteiger partial charge in [-0.1, -0.05) is 18.2 Å². The Hall–Kier alpha value is -3.92. The van der Waals surface area contributed by atoms with Crippen LogP contribution < -0.4 is 0 Å². The number of nitro benzene ring substituents is 2. The molecular weight excluding hydrogens is 292 g/mol.